The first-order valence-corrected chi connectivity index (χ1v) is 4.43. The van der Waals surface area contributed by atoms with E-state index in [2.05, 4.69) is 0 Å². The minimum absolute atomic E-state index is 0.0178. The molecule has 1 heterocycles. The Labute approximate surface area is 78.1 Å². The van der Waals surface area contributed by atoms with Crippen molar-refractivity contribution in [2.75, 3.05) is 13.2 Å². The summed E-state index contributed by atoms with van der Waals surface area (Å²) in [5.41, 5.74) is 0. The van der Waals surface area contributed by atoms with Crippen molar-refractivity contribution in [1.29, 1.82) is 5.26 Å². The number of carbonyl (C=O) groups excluding carboxylic acids is 1. The zero-order valence-electron chi connectivity index (χ0n) is 7.99. The average molecular weight is 182 g/mol. The molecule has 0 bridgehead atoms. The van der Waals surface area contributed by atoms with Crippen molar-refractivity contribution in [2.45, 2.75) is 32.4 Å². The van der Waals surface area contributed by atoms with Gasteiger partial charge in [-0.25, -0.2) is 0 Å². The predicted molar refractivity (Wildman–Crippen MR) is 46.8 cm³/mol. The highest BCUT2D eigenvalue weighted by atomic mass is 16.5. The number of ether oxygens (including phenoxy) is 1. The first kappa shape index (κ1) is 10.0. The third kappa shape index (κ3) is 2.43. The normalized spacial score (nSPS) is 23.4. The van der Waals surface area contributed by atoms with Gasteiger partial charge in [0.25, 0.3) is 0 Å². The van der Waals surface area contributed by atoms with Gasteiger partial charge in [0.1, 0.15) is 6.61 Å². The fourth-order valence-electron chi connectivity index (χ4n) is 1.37. The van der Waals surface area contributed by atoms with Crippen LogP contribution >= 0.6 is 0 Å². The van der Waals surface area contributed by atoms with Crippen LogP contribution in [0.25, 0.3) is 0 Å². The SMILES string of the molecule is CC(C)N1CC(CC#N)OCC1=O. The quantitative estimate of drug-likeness (QED) is 0.626. The van der Waals surface area contributed by atoms with E-state index < -0.39 is 0 Å². The van der Waals surface area contributed by atoms with Crippen LogP contribution in [0.1, 0.15) is 20.3 Å². The predicted octanol–water partition coefficient (Wildman–Crippen LogP) is 0.536. The summed E-state index contributed by atoms with van der Waals surface area (Å²) in [4.78, 5) is 13.1. The molecule has 0 aromatic heterocycles. The molecule has 0 radical (unpaired) electrons. The Morgan fingerprint density at radius 2 is 2.46 bits per heavy atom. The molecule has 1 rings (SSSR count). The summed E-state index contributed by atoms with van der Waals surface area (Å²) in [6.07, 6.45) is 0.251. The summed E-state index contributed by atoms with van der Waals surface area (Å²) >= 11 is 0. The van der Waals surface area contributed by atoms with Crippen LogP contribution < -0.4 is 0 Å². The number of hydrogen-bond donors (Lipinski definition) is 0. The smallest absolute Gasteiger partial charge is 0.248 e. The topological polar surface area (TPSA) is 53.3 Å². The summed E-state index contributed by atoms with van der Waals surface area (Å²) in [5.74, 6) is 0.0178. The van der Waals surface area contributed by atoms with Crippen LogP contribution in [0.5, 0.6) is 0 Å². The van der Waals surface area contributed by atoms with Gasteiger partial charge >= 0.3 is 0 Å². The van der Waals surface area contributed by atoms with Gasteiger partial charge in [-0.1, -0.05) is 0 Å². The van der Waals surface area contributed by atoms with Crippen molar-refractivity contribution >= 4 is 5.91 Å². The van der Waals surface area contributed by atoms with Crippen molar-refractivity contribution in [3.8, 4) is 6.07 Å². The Morgan fingerprint density at radius 3 is 3.00 bits per heavy atom. The summed E-state index contributed by atoms with van der Waals surface area (Å²) in [7, 11) is 0. The van der Waals surface area contributed by atoms with Crippen LogP contribution in [0.2, 0.25) is 0 Å². The molecule has 13 heavy (non-hydrogen) atoms. The highest BCUT2D eigenvalue weighted by molar-refractivity contribution is 5.78. The number of amides is 1. The van der Waals surface area contributed by atoms with E-state index in [1.165, 1.54) is 0 Å². The lowest BCUT2D eigenvalue weighted by atomic mass is 10.2. The van der Waals surface area contributed by atoms with Crippen molar-refractivity contribution in [3.63, 3.8) is 0 Å². The van der Waals surface area contributed by atoms with E-state index in [1.54, 1.807) is 4.90 Å². The number of carbonyl (C=O) groups is 1. The molecule has 1 saturated heterocycles. The third-order valence-corrected chi connectivity index (χ3v) is 2.11. The summed E-state index contributed by atoms with van der Waals surface area (Å²) in [5, 5.41) is 8.48. The van der Waals surface area contributed by atoms with Crippen LogP contribution in [0.3, 0.4) is 0 Å². The Kier molecular flexibility index (Phi) is 3.26. The molecule has 4 heteroatoms. The molecule has 0 spiro atoms. The zero-order valence-corrected chi connectivity index (χ0v) is 7.99. The van der Waals surface area contributed by atoms with E-state index in [0.717, 1.165) is 0 Å². The van der Waals surface area contributed by atoms with Gasteiger partial charge in [-0.05, 0) is 13.8 Å². The van der Waals surface area contributed by atoms with Gasteiger partial charge in [0.15, 0.2) is 0 Å². The number of nitriles is 1. The Bertz CT molecular complexity index is 232. The van der Waals surface area contributed by atoms with Gasteiger partial charge in [0.2, 0.25) is 5.91 Å². The second-order valence-corrected chi connectivity index (χ2v) is 3.44. The highest BCUT2D eigenvalue weighted by Gasteiger charge is 2.27. The van der Waals surface area contributed by atoms with E-state index >= 15 is 0 Å². The Morgan fingerprint density at radius 1 is 1.77 bits per heavy atom. The van der Waals surface area contributed by atoms with E-state index in [1.807, 2.05) is 19.9 Å². The molecule has 72 valence electrons. The van der Waals surface area contributed by atoms with Gasteiger partial charge < -0.3 is 9.64 Å². The molecule has 0 aromatic rings. The van der Waals surface area contributed by atoms with Gasteiger partial charge in [-0.2, -0.15) is 5.26 Å². The van der Waals surface area contributed by atoms with Crippen LogP contribution in [-0.4, -0.2) is 36.1 Å². The summed E-state index contributed by atoms with van der Waals surface area (Å²) in [6, 6.07) is 2.24. The Balaban J connectivity index is 2.54. The maximum absolute atomic E-state index is 11.3. The van der Waals surface area contributed by atoms with Crippen molar-refractivity contribution < 1.29 is 9.53 Å². The fourth-order valence-corrected chi connectivity index (χ4v) is 1.37. The van der Waals surface area contributed by atoms with E-state index in [4.69, 9.17) is 10.00 Å². The molecule has 1 unspecified atom stereocenters. The second-order valence-electron chi connectivity index (χ2n) is 3.44. The first-order valence-electron chi connectivity index (χ1n) is 4.43. The van der Waals surface area contributed by atoms with Gasteiger partial charge in [0, 0.05) is 12.6 Å². The largest absolute Gasteiger partial charge is 0.365 e. The molecule has 0 aliphatic carbocycles. The number of rotatable bonds is 2. The van der Waals surface area contributed by atoms with Gasteiger partial charge in [-0.15, -0.1) is 0 Å². The molecule has 1 atom stereocenters. The highest BCUT2D eigenvalue weighted by Crippen LogP contribution is 2.11. The lowest BCUT2D eigenvalue weighted by Crippen LogP contribution is -2.49. The minimum Gasteiger partial charge on any atom is -0.365 e. The average Bonchev–Trinajstić information content (AvgIpc) is 2.08. The number of nitrogens with zero attached hydrogens (tertiary/aromatic N) is 2. The molecule has 1 aliphatic heterocycles. The first-order chi connectivity index (χ1) is 6.15. The van der Waals surface area contributed by atoms with Crippen LogP contribution in [0.4, 0.5) is 0 Å². The zero-order chi connectivity index (χ0) is 9.84. The maximum Gasteiger partial charge on any atom is 0.248 e. The standard InChI is InChI=1S/C9H14N2O2/c1-7(2)11-5-8(3-4-10)13-6-9(11)12/h7-8H,3,5-6H2,1-2H3. The molecular weight excluding hydrogens is 168 g/mol. The van der Waals surface area contributed by atoms with Crippen LogP contribution in [0.15, 0.2) is 0 Å². The molecule has 1 aliphatic rings. The number of morpholine rings is 1. The maximum atomic E-state index is 11.3. The molecule has 0 aromatic carbocycles. The molecular formula is C9H14N2O2. The molecule has 1 amide bonds. The van der Waals surface area contributed by atoms with Crippen molar-refractivity contribution in [2.24, 2.45) is 0 Å². The number of hydrogen-bond acceptors (Lipinski definition) is 3. The summed E-state index contributed by atoms with van der Waals surface area (Å²) < 4.78 is 5.20. The molecule has 4 nitrogen and oxygen atoms in total. The Hall–Kier alpha value is -1.08. The molecule has 1 fully saturated rings. The molecule has 0 saturated carbocycles. The molecule has 0 N–H and O–H groups in total. The van der Waals surface area contributed by atoms with Crippen LogP contribution in [-0.2, 0) is 9.53 Å². The van der Waals surface area contributed by atoms with Crippen molar-refractivity contribution in [3.05, 3.63) is 0 Å². The van der Waals surface area contributed by atoms with Gasteiger partial charge in [-0.3, -0.25) is 4.79 Å². The second kappa shape index (κ2) is 4.24. The van der Waals surface area contributed by atoms with E-state index in [0.29, 0.717) is 13.0 Å². The van der Waals surface area contributed by atoms with Gasteiger partial charge in [0.05, 0.1) is 18.6 Å². The minimum atomic E-state index is -0.106. The van der Waals surface area contributed by atoms with Crippen LogP contribution in [0, 0.1) is 11.3 Å². The van der Waals surface area contributed by atoms with E-state index in [9.17, 15) is 4.79 Å². The lowest BCUT2D eigenvalue weighted by Gasteiger charge is -2.34. The lowest BCUT2D eigenvalue weighted by molar-refractivity contribution is -0.150. The monoisotopic (exact) mass is 182 g/mol. The van der Waals surface area contributed by atoms with Crippen molar-refractivity contribution in [1.82, 2.24) is 4.90 Å². The van der Waals surface area contributed by atoms with E-state index in [-0.39, 0.29) is 24.7 Å². The third-order valence-electron chi connectivity index (χ3n) is 2.11. The summed E-state index contributed by atoms with van der Waals surface area (Å²) in [6.45, 7) is 4.59. The fraction of sp³-hybridized carbons (Fsp3) is 0.778.